The minimum absolute atomic E-state index is 0.164. The normalized spacial score (nSPS) is 41.7. The smallest absolute Gasteiger partial charge is 0.312 e. The predicted octanol–water partition coefficient (Wildman–Crippen LogP) is 4.36. The Balaban J connectivity index is 1.17. The zero-order chi connectivity index (χ0) is 23.4. The fourth-order valence-electron chi connectivity index (χ4n) is 7.29. The molecule has 0 aliphatic heterocycles. The third-order valence-electron chi connectivity index (χ3n) is 9.29. The quantitative estimate of drug-likeness (QED) is 0.300. The zero-order valence-electron chi connectivity index (χ0n) is 19.8. The van der Waals surface area contributed by atoms with Gasteiger partial charge in [0.2, 0.25) is 0 Å². The summed E-state index contributed by atoms with van der Waals surface area (Å²) in [6.07, 6.45) is 18.4. The average Bonchev–Trinajstić information content (AvgIpc) is 3.68. The van der Waals surface area contributed by atoms with Crippen molar-refractivity contribution in [1.29, 1.82) is 0 Å². The SMILES string of the molecule is CCC(COC(=O)C1CC2C=CC1C2)(OC(=O)C1CC2C=CC1C2)OC(=O)C1CC2C=CC1C2. The Kier molecular flexibility index (Phi) is 5.45. The van der Waals surface area contributed by atoms with Gasteiger partial charge in [0.1, 0.15) is 0 Å². The molecule has 3 saturated carbocycles. The van der Waals surface area contributed by atoms with Crippen LogP contribution in [0.4, 0.5) is 0 Å². The Bertz CT molecular complexity index is 914. The minimum Gasteiger partial charge on any atom is -0.457 e. The first kappa shape index (κ1) is 22.1. The molecular weight excluding hydrogens is 432 g/mol. The van der Waals surface area contributed by atoms with Crippen molar-refractivity contribution in [2.45, 2.75) is 57.7 Å². The van der Waals surface area contributed by atoms with Crippen molar-refractivity contribution in [3.8, 4) is 0 Å². The monoisotopic (exact) mass is 466 g/mol. The van der Waals surface area contributed by atoms with Gasteiger partial charge in [-0.25, -0.2) is 0 Å². The Morgan fingerprint density at radius 3 is 1.38 bits per heavy atom. The number of fused-ring (bicyclic) bond motifs is 6. The number of carbonyl (C=O) groups excluding carboxylic acids is 3. The maximum Gasteiger partial charge on any atom is 0.312 e. The molecule has 6 bridgehead atoms. The third kappa shape index (κ3) is 3.83. The lowest BCUT2D eigenvalue weighted by molar-refractivity contribution is -0.251. The summed E-state index contributed by atoms with van der Waals surface area (Å²) in [4.78, 5) is 39.4. The Morgan fingerprint density at radius 2 is 1.06 bits per heavy atom. The van der Waals surface area contributed by atoms with E-state index in [1.165, 1.54) is 0 Å². The van der Waals surface area contributed by atoms with Gasteiger partial charge in [0, 0.05) is 6.42 Å². The molecule has 0 aromatic carbocycles. The lowest BCUT2D eigenvalue weighted by atomic mass is 9.93. The zero-order valence-corrected chi connectivity index (χ0v) is 19.8. The number of hydrogen-bond acceptors (Lipinski definition) is 6. The van der Waals surface area contributed by atoms with Gasteiger partial charge in [-0.1, -0.05) is 43.4 Å². The molecule has 0 heterocycles. The molecule has 6 aliphatic carbocycles. The predicted molar refractivity (Wildman–Crippen MR) is 123 cm³/mol. The summed E-state index contributed by atoms with van der Waals surface area (Å²) in [5.41, 5.74) is 0. The van der Waals surface area contributed by atoms with Crippen LogP contribution in [0.3, 0.4) is 0 Å². The van der Waals surface area contributed by atoms with Gasteiger partial charge in [0.25, 0.3) is 5.79 Å². The Labute approximate surface area is 200 Å². The van der Waals surface area contributed by atoms with E-state index in [2.05, 4.69) is 36.5 Å². The molecule has 0 N–H and O–H groups in total. The molecule has 34 heavy (non-hydrogen) atoms. The summed E-state index contributed by atoms with van der Waals surface area (Å²) >= 11 is 0. The third-order valence-corrected chi connectivity index (χ3v) is 9.29. The summed E-state index contributed by atoms with van der Waals surface area (Å²) in [6, 6.07) is 0. The van der Waals surface area contributed by atoms with Crippen molar-refractivity contribution < 1.29 is 28.6 Å². The van der Waals surface area contributed by atoms with Gasteiger partial charge in [-0.15, -0.1) is 0 Å². The molecule has 0 amide bonds. The van der Waals surface area contributed by atoms with Gasteiger partial charge in [-0.2, -0.15) is 0 Å². The van der Waals surface area contributed by atoms with E-state index >= 15 is 0 Å². The molecule has 0 aromatic rings. The molecule has 0 radical (unpaired) electrons. The van der Waals surface area contributed by atoms with Crippen LogP contribution in [0.2, 0.25) is 0 Å². The molecule has 0 aromatic heterocycles. The van der Waals surface area contributed by atoms with Crippen LogP contribution in [-0.4, -0.2) is 30.3 Å². The second-order valence-electron chi connectivity index (χ2n) is 11.4. The van der Waals surface area contributed by atoms with Crippen molar-refractivity contribution in [1.82, 2.24) is 0 Å². The molecule has 6 heteroatoms. The highest BCUT2D eigenvalue weighted by atomic mass is 16.7. The number of allylic oxidation sites excluding steroid dienone is 6. The standard InChI is InChI=1S/C28H34O6/c1-2-28(33-26(30)23-13-17-4-7-20(23)10-17,34-27(31)24-14-18-5-8-21(24)11-18)15-32-25(29)22-12-16-3-6-19(22)9-16/h3-8,16-24H,2,9-15H2,1H3. The first-order chi connectivity index (χ1) is 16.4. The van der Waals surface area contributed by atoms with Crippen molar-refractivity contribution >= 4 is 17.9 Å². The van der Waals surface area contributed by atoms with Crippen LogP contribution in [0.1, 0.15) is 51.9 Å². The largest absolute Gasteiger partial charge is 0.457 e. The summed E-state index contributed by atoms with van der Waals surface area (Å²) in [7, 11) is 0. The highest BCUT2D eigenvalue weighted by Gasteiger charge is 2.49. The molecule has 6 rings (SSSR count). The second kappa shape index (κ2) is 8.39. The van der Waals surface area contributed by atoms with Gasteiger partial charge >= 0.3 is 17.9 Å². The van der Waals surface area contributed by atoms with Crippen molar-refractivity contribution in [2.24, 2.45) is 53.3 Å². The maximum absolute atomic E-state index is 13.2. The van der Waals surface area contributed by atoms with E-state index in [0.29, 0.717) is 17.8 Å². The number of esters is 3. The summed E-state index contributed by atoms with van der Waals surface area (Å²) in [6.45, 7) is 1.57. The van der Waals surface area contributed by atoms with Crippen molar-refractivity contribution in [3.63, 3.8) is 0 Å². The second-order valence-corrected chi connectivity index (χ2v) is 11.4. The fourth-order valence-corrected chi connectivity index (χ4v) is 7.29. The van der Waals surface area contributed by atoms with Gasteiger partial charge in [0.15, 0.2) is 6.61 Å². The van der Waals surface area contributed by atoms with E-state index in [1.807, 2.05) is 6.92 Å². The molecule has 3 fully saturated rings. The van der Waals surface area contributed by atoms with E-state index < -0.39 is 5.79 Å². The van der Waals surface area contributed by atoms with Crippen LogP contribution >= 0.6 is 0 Å². The maximum atomic E-state index is 13.2. The molecule has 6 aliphatic rings. The molecule has 9 atom stereocenters. The van der Waals surface area contributed by atoms with Crippen LogP contribution in [0.15, 0.2) is 36.5 Å². The van der Waals surface area contributed by atoms with Crippen LogP contribution in [-0.2, 0) is 28.6 Å². The van der Waals surface area contributed by atoms with Gasteiger partial charge in [-0.3, -0.25) is 14.4 Å². The summed E-state index contributed by atoms with van der Waals surface area (Å²) in [5, 5.41) is 0. The van der Waals surface area contributed by atoms with E-state index in [-0.39, 0.29) is 66.4 Å². The average molecular weight is 467 g/mol. The highest BCUT2D eigenvalue weighted by molar-refractivity contribution is 5.77. The highest BCUT2D eigenvalue weighted by Crippen LogP contribution is 2.47. The number of rotatable bonds is 8. The van der Waals surface area contributed by atoms with E-state index in [4.69, 9.17) is 14.2 Å². The van der Waals surface area contributed by atoms with Crippen LogP contribution < -0.4 is 0 Å². The fraction of sp³-hybridized carbons (Fsp3) is 0.679. The van der Waals surface area contributed by atoms with Gasteiger partial charge < -0.3 is 14.2 Å². The molecule has 9 unspecified atom stereocenters. The van der Waals surface area contributed by atoms with Crippen LogP contribution in [0.25, 0.3) is 0 Å². The van der Waals surface area contributed by atoms with E-state index in [0.717, 1.165) is 38.5 Å². The number of ether oxygens (including phenoxy) is 3. The summed E-state index contributed by atoms with van der Waals surface area (Å²) in [5.74, 6) is -1.29. The first-order valence-corrected chi connectivity index (χ1v) is 13.1. The molecule has 0 spiro atoms. The number of hydrogen-bond donors (Lipinski definition) is 0. The molecular formula is C28H34O6. The van der Waals surface area contributed by atoms with Crippen LogP contribution in [0.5, 0.6) is 0 Å². The Hall–Kier alpha value is -2.37. The van der Waals surface area contributed by atoms with E-state index in [1.54, 1.807) is 0 Å². The van der Waals surface area contributed by atoms with E-state index in [9.17, 15) is 14.4 Å². The van der Waals surface area contributed by atoms with Gasteiger partial charge in [-0.05, 0) is 74.0 Å². The lowest BCUT2D eigenvalue weighted by Gasteiger charge is -2.34. The lowest BCUT2D eigenvalue weighted by Crippen LogP contribution is -2.47. The topological polar surface area (TPSA) is 78.9 Å². The molecule has 0 saturated heterocycles. The Morgan fingerprint density at radius 1 is 0.647 bits per heavy atom. The van der Waals surface area contributed by atoms with Gasteiger partial charge in [0.05, 0.1) is 17.8 Å². The van der Waals surface area contributed by atoms with Crippen molar-refractivity contribution in [3.05, 3.63) is 36.5 Å². The summed E-state index contributed by atoms with van der Waals surface area (Å²) < 4.78 is 17.7. The van der Waals surface area contributed by atoms with Crippen molar-refractivity contribution in [2.75, 3.05) is 6.61 Å². The molecule has 6 nitrogen and oxygen atoms in total. The number of carbonyl (C=O) groups is 3. The minimum atomic E-state index is -1.58. The molecule has 182 valence electrons. The van der Waals surface area contributed by atoms with Crippen LogP contribution in [0, 0.1) is 53.3 Å². The first-order valence-electron chi connectivity index (χ1n) is 13.1.